The van der Waals surface area contributed by atoms with Crippen molar-refractivity contribution in [3.8, 4) is 0 Å². The maximum Gasteiger partial charge on any atom is 0.0349 e. The normalized spacial score (nSPS) is 21.4. The van der Waals surface area contributed by atoms with Crippen LogP contribution in [0.5, 0.6) is 0 Å². The monoisotopic (exact) mass is 161 g/mol. The van der Waals surface area contributed by atoms with E-state index in [1.165, 1.54) is 11.1 Å². The topological polar surface area (TPSA) is 12.0 Å². The summed E-state index contributed by atoms with van der Waals surface area (Å²) < 4.78 is 0. The lowest BCUT2D eigenvalue weighted by molar-refractivity contribution is 0.441. The first kappa shape index (κ1) is 7.81. The molecule has 0 amide bonds. The lowest BCUT2D eigenvalue weighted by atomic mass is 9.96. The zero-order valence-corrected chi connectivity index (χ0v) is 7.67. The van der Waals surface area contributed by atoms with Crippen molar-refractivity contribution in [2.24, 2.45) is 5.92 Å². The summed E-state index contributed by atoms with van der Waals surface area (Å²) in [6, 6.07) is 9.26. The summed E-state index contributed by atoms with van der Waals surface area (Å²) in [6.07, 6.45) is 0. The number of hydrogen-bond donors (Lipinski definition) is 1. The van der Waals surface area contributed by atoms with E-state index in [4.69, 9.17) is 0 Å². The van der Waals surface area contributed by atoms with Gasteiger partial charge in [0.25, 0.3) is 0 Å². The minimum Gasteiger partial charge on any atom is -0.306 e. The fourth-order valence-corrected chi connectivity index (χ4v) is 1.92. The van der Waals surface area contributed by atoms with Crippen molar-refractivity contribution in [2.45, 2.75) is 26.4 Å². The summed E-state index contributed by atoms with van der Waals surface area (Å²) in [4.78, 5) is 0. The van der Waals surface area contributed by atoms with Gasteiger partial charge in [-0.2, -0.15) is 0 Å². The van der Waals surface area contributed by atoms with Gasteiger partial charge in [0.15, 0.2) is 0 Å². The van der Waals surface area contributed by atoms with E-state index in [0.717, 1.165) is 6.54 Å². The average molecular weight is 161 g/mol. The molecule has 1 atom stereocenters. The smallest absolute Gasteiger partial charge is 0.0349 e. The van der Waals surface area contributed by atoms with Crippen LogP contribution in [0.1, 0.15) is 31.0 Å². The second kappa shape index (κ2) is 2.91. The summed E-state index contributed by atoms with van der Waals surface area (Å²) in [5, 5.41) is 3.52. The van der Waals surface area contributed by atoms with E-state index >= 15 is 0 Å². The molecule has 64 valence electrons. The number of fused-ring (bicyclic) bond motifs is 1. The van der Waals surface area contributed by atoms with Crippen LogP contribution in [-0.4, -0.2) is 0 Å². The van der Waals surface area contributed by atoms with Crippen LogP contribution < -0.4 is 5.32 Å². The van der Waals surface area contributed by atoms with Crippen molar-refractivity contribution in [2.75, 3.05) is 0 Å². The SMILES string of the molecule is CC(C)[C@H]1NCc2ccccc21. The number of benzene rings is 1. The molecule has 1 aromatic carbocycles. The van der Waals surface area contributed by atoms with Crippen LogP contribution in [0.15, 0.2) is 24.3 Å². The molecule has 0 aromatic heterocycles. The van der Waals surface area contributed by atoms with Gasteiger partial charge in [0, 0.05) is 12.6 Å². The molecule has 1 heteroatoms. The van der Waals surface area contributed by atoms with Gasteiger partial charge in [-0.25, -0.2) is 0 Å². The third-order valence-electron chi connectivity index (χ3n) is 2.57. The highest BCUT2D eigenvalue weighted by molar-refractivity contribution is 5.33. The Balaban J connectivity index is 2.36. The summed E-state index contributed by atoms with van der Waals surface area (Å²) in [5.74, 6) is 0.689. The van der Waals surface area contributed by atoms with Gasteiger partial charge in [-0.15, -0.1) is 0 Å². The van der Waals surface area contributed by atoms with Crippen molar-refractivity contribution < 1.29 is 0 Å². The Labute approximate surface area is 73.8 Å². The summed E-state index contributed by atoms with van der Waals surface area (Å²) in [6.45, 7) is 5.57. The van der Waals surface area contributed by atoms with E-state index in [1.54, 1.807) is 0 Å². The molecule has 0 radical (unpaired) electrons. The molecular weight excluding hydrogens is 146 g/mol. The molecular formula is C11H15N. The van der Waals surface area contributed by atoms with Crippen molar-refractivity contribution in [3.63, 3.8) is 0 Å². The Kier molecular flexibility index (Phi) is 1.89. The Morgan fingerprint density at radius 2 is 2.08 bits per heavy atom. The Morgan fingerprint density at radius 1 is 1.33 bits per heavy atom. The van der Waals surface area contributed by atoms with E-state index < -0.39 is 0 Å². The molecule has 0 fully saturated rings. The van der Waals surface area contributed by atoms with Crippen LogP contribution >= 0.6 is 0 Å². The van der Waals surface area contributed by atoms with Gasteiger partial charge in [-0.1, -0.05) is 38.1 Å². The summed E-state index contributed by atoms with van der Waals surface area (Å²) in [7, 11) is 0. The molecule has 12 heavy (non-hydrogen) atoms. The zero-order chi connectivity index (χ0) is 8.55. The second-order valence-corrected chi connectivity index (χ2v) is 3.80. The molecule has 0 bridgehead atoms. The van der Waals surface area contributed by atoms with Gasteiger partial charge >= 0.3 is 0 Å². The maximum atomic E-state index is 3.52. The maximum absolute atomic E-state index is 3.52. The molecule has 0 unspecified atom stereocenters. The highest BCUT2D eigenvalue weighted by atomic mass is 14.9. The molecule has 0 saturated carbocycles. The minimum atomic E-state index is 0.571. The van der Waals surface area contributed by atoms with Crippen molar-refractivity contribution in [3.05, 3.63) is 35.4 Å². The molecule has 1 aliphatic heterocycles. The lowest BCUT2D eigenvalue weighted by Crippen LogP contribution is -2.17. The van der Waals surface area contributed by atoms with E-state index in [-0.39, 0.29) is 0 Å². The first-order valence-corrected chi connectivity index (χ1v) is 4.60. The van der Waals surface area contributed by atoms with E-state index in [9.17, 15) is 0 Å². The van der Waals surface area contributed by atoms with Gasteiger partial charge in [0.05, 0.1) is 0 Å². The molecule has 1 nitrogen and oxygen atoms in total. The third kappa shape index (κ3) is 1.14. The van der Waals surface area contributed by atoms with E-state index in [2.05, 4.69) is 43.4 Å². The summed E-state index contributed by atoms with van der Waals surface area (Å²) in [5.41, 5.74) is 2.96. The van der Waals surface area contributed by atoms with Crippen molar-refractivity contribution in [1.29, 1.82) is 0 Å². The van der Waals surface area contributed by atoms with Crippen LogP contribution in [0, 0.1) is 5.92 Å². The fraction of sp³-hybridized carbons (Fsp3) is 0.455. The van der Waals surface area contributed by atoms with Gasteiger partial charge in [-0.3, -0.25) is 0 Å². The van der Waals surface area contributed by atoms with Crippen LogP contribution in [0.4, 0.5) is 0 Å². The standard InChI is InChI=1S/C11H15N/c1-8(2)11-10-6-4-3-5-9(10)7-12-11/h3-6,8,11-12H,7H2,1-2H3/t11-/m1/s1. The fourth-order valence-electron chi connectivity index (χ4n) is 1.92. The molecule has 1 N–H and O–H groups in total. The van der Waals surface area contributed by atoms with E-state index in [0.29, 0.717) is 12.0 Å². The minimum absolute atomic E-state index is 0.571. The van der Waals surface area contributed by atoms with E-state index in [1.807, 2.05) is 0 Å². The molecule has 1 aliphatic rings. The summed E-state index contributed by atoms with van der Waals surface area (Å²) >= 11 is 0. The molecule has 0 spiro atoms. The highest BCUT2D eigenvalue weighted by Crippen LogP contribution is 2.29. The second-order valence-electron chi connectivity index (χ2n) is 3.80. The van der Waals surface area contributed by atoms with Gasteiger partial charge in [0.1, 0.15) is 0 Å². The van der Waals surface area contributed by atoms with Crippen molar-refractivity contribution in [1.82, 2.24) is 5.32 Å². The first-order chi connectivity index (χ1) is 5.79. The zero-order valence-electron chi connectivity index (χ0n) is 7.67. The van der Waals surface area contributed by atoms with Gasteiger partial charge in [-0.05, 0) is 17.0 Å². The largest absolute Gasteiger partial charge is 0.306 e. The number of rotatable bonds is 1. The van der Waals surface area contributed by atoms with Crippen LogP contribution in [0.2, 0.25) is 0 Å². The van der Waals surface area contributed by atoms with Gasteiger partial charge < -0.3 is 5.32 Å². The molecule has 0 saturated heterocycles. The van der Waals surface area contributed by atoms with Gasteiger partial charge in [0.2, 0.25) is 0 Å². The lowest BCUT2D eigenvalue weighted by Gasteiger charge is -2.15. The van der Waals surface area contributed by atoms with Crippen LogP contribution in [-0.2, 0) is 6.54 Å². The van der Waals surface area contributed by atoms with Crippen LogP contribution in [0.25, 0.3) is 0 Å². The first-order valence-electron chi connectivity index (χ1n) is 4.60. The number of hydrogen-bond acceptors (Lipinski definition) is 1. The number of nitrogens with one attached hydrogen (secondary N) is 1. The Hall–Kier alpha value is -0.820. The average Bonchev–Trinajstić information content (AvgIpc) is 2.47. The Bertz CT molecular complexity index is 278. The predicted molar refractivity (Wildman–Crippen MR) is 50.9 cm³/mol. The molecule has 1 aromatic rings. The highest BCUT2D eigenvalue weighted by Gasteiger charge is 2.23. The van der Waals surface area contributed by atoms with Crippen LogP contribution in [0.3, 0.4) is 0 Å². The quantitative estimate of drug-likeness (QED) is 0.667. The third-order valence-corrected chi connectivity index (χ3v) is 2.57. The molecule has 0 aliphatic carbocycles. The molecule has 2 rings (SSSR count). The predicted octanol–water partition coefficient (Wildman–Crippen LogP) is 2.49. The van der Waals surface area contributed by atoms with Crippen molar-refractivity contribution >= 4 is 0 Å². The molecule has 1 heterocycles. The Morgan fingerprint density at radius 3 is 2.83 bits per heavy atom.